The molecular formula is C14H10BrIO2. The molecule has 0 aliphatic rings. The summed E-state index contributed by atoms with van der Waals surface area (Å²) in [5, 5.41) is 0. The third kappa shape index (κ3) is 3.81. The maximum absolute atomic E-state index is 11.9. The Hall–Kier alpha value is -0.880. The zero-order valence-corrected chi connectivity index (χ0v) is 13.1. The molecule has 0 spiro atoms. The van der Waals surface area contributed by atoms with Crippen LogP contribution in [-0.4, -0.2) is 12.4 Å². The van der Waals surface area contributed by atoms with E-state index in [4.69, 9.17) is 4.74 Å². The van der Waals surface area contributed by atoms with E-state index in [0.29, 0.717) is 11.3 Å². The molecule has 0 heterocycles. The normalized spacial score (nSPS) is 10.1. The molecule has 0 aliphatic heterocycles. The second kappa shape index (κ2) is 6.33. The number of ether oxygens (including phenoxy) is 1. The molecule has 0 amide bonds. The van der Waals surface area contributed by atoms with E-state index in [1.165, 1.54) is 0 Å². The van der Waals surface area contributed by atoms with Crippen molar-refractivity contribution in [2.24, 2.45) is 0 Å². The van der Waals surface area contributed by atoms with Gasteiger partial charge in [0.1, 0.15) is 5.75 Å². The highest BCUT2D eigenvalue weighted by atomic mass is 127. The fourth-order valence-electron chi connectivity index (χ4n) is 1.45. The second-order valence-corrected chi connectivity index (χ2v) is 5.84. The average molecular weight is 417 g/mol. The van der Waals surface area contributed by atoms with E-state index >= 15 is 0 Å². The molecule has 0 atom stereocenters. The van der Waals surface area contributed by atoms with Gasteiger partial charge in [-0.2, -0.15) is 0 Å². The number of hydrogen-bond acceptors (Lipinski definition) is 2. The van der Waals surface area contributed by atoms with Crippen molar-refractivity contribution in [3.8, 4) is 5.75 Å². The van der Waals surface area contributed by atoms with Gasteiger partial charge in [0.15, 0.2) is 12.4 Å². The van der Waals surface area contributed by atoms with Gasteiger partial charge in [-0.15, -0.1) is 0 Å². The molecule has 2 nitrogen and oxygen atoms in total. The number of benzene rings is 2. The highest BCUT2D eigenvalue weighted by molar-refractivity contribution is 14.1. The summed E-state index contributed by atoms with van der Waals surface area (Å²) in [6, 6.07) is 14.9. The van der Waals surface area contributed by atoms with E-state index in [1.54, 1.807) is 12.1 Å². The molecule has 0 radical (unpaired) electrons. The standard InChI is InChI=1S/C14H10BrIO2/c15-11-4-1-3-10(7-11)14(17)9-18-13-6-2-5-12(16)8-13/h1-8H,9H2. The summed E-state index contributed by atoms with van der Waals surface area (Å²) in [7, 11) is 0. The Labute approximate surface area is 128 Å². The van der Waals surface area contributed by atoms with Crippen LogP contribution in [0, 0.1) is 3.57 Å². The summed E-state index contributed by atoms with van der Waals surface area (Å²) in [6.07, 6.45) is 0. The van der Waals surface area contributed by atoms with Gasteiger partial charge in [0.05, 0.1) is 0 Å². The lowest BCUT2D eigenvalue weighted by Crippen LogP contribution is -2.11. The molecular weight excluding hydrogens is 407 g/mol. The molecule has 0 bridgehead atoms. The van der Waals surface area contributed by atoms with Gasteiger partial charge >= 0.3 is 0 Å². The summed E-state index contributed by atoms with van der Waals surface area (Å²) < 4.78 is 7.45. The van der Waals surface area contributed by atoms with Crippen molar-refractivity contribution in [2.75, 3.05) is 6.61 Å². The topological polar surface area (TPSA) is 26.3 Å². The van der Waals surface area contributed by atoms with Crippen molar-refractivity contribution in [3.63, 3.8) is 0 Å². The van der Waals surface area contributed by atoms with E-state index in [-0.39, 0.29) is 12.4 Å². The molecule has 4 heteroatoms. The first-order chi connectivity index (χ1) is 8.65. The number of rotatable bonds is 4. The average Bonchev–Trinajstić information content (AvgIpc) is 2.36. The van der Waals surface area contributed by atoms with E-state index in [0.717, 1.165) is 8.04 Å². The van der Waals surface area contributed by atoms with Crippen molar-refractivity contribution in [1.82, 2.24) is 0 Å². The SMILES string of the molecule is O=C(COc1cccc(I)c1)c1cccc(Br)c1. The third-order valence-corrected chi connectivity index (χ3v) is 3.48. The maximum Gasteiger partial charge on any atom is 0.200 e. The Morgan fingerprint density at radius 3 is 2.67 bits per heavy atom. The van der Waals surface area contributed by atoms with Crippen LogP contribution < -0.4 is 4.74 Å². The zero-order chi connectivity index (χ0) is 13.0. The minimum absolute atomic E-state index is 0.0323. The monoisotopic (exact) mass is 416 g/mol. The first-order valence-electron chi connectivity index (χ1n) is 5.32. The van der Waals surface area contributed by atoms with Gasteiger partial charge in [-0.25, -0.2) is 0 Å². The van der Waals surface area contributed by atoms with Crippen molar-refractivity contribution in [2.45, 2.75) is 0 Å². The molecule has 0 fully saturated rings. The molecule has 0 saturated carbocycles. The summed E-state index contributed by atoms with van der Waals surface area (Å²) in [5.74, 6) is 0.681. The summed E-state index contributed by atoms with van der Waals surface area (Å²) in [5.41, 5.74) is 0.648. The lowest BCUT2D eigenvalue weighted by molar-refractivity contribution is 0.0921. The molecule has 2 rings (SSSR count). The van der Waals surface area contributed by atoms with Crippen molar-refractivity contribution < 1.29 is 9.53 Å². The van der Waals surface area contributed by atoms with Crippen LogP contribution in [0.1, 0.15) is 10.4 Å². The predicted octanol–water partition coefficient (Wildman–Crippen LogP) is 4.32. The van der Waals surface area contributed by atoms with Crippen LogP contribution in [0.25, 0.3) is 0 Å². The molecule has 0 saturated heterocycles. The molecule has 0 aliphatic carbocycles. The molecule has 2 aromatic rings. The fourth-order valence-corrected chi connectivity index (χ4v) is 2.36. The lowest BCUT2D eigenvalue weighted by atomic mass is 10.1. The zero-order valence-electron chi connectivity index (χ0n) is 9.40. The van der Waals surface area contributed by atoms with Crippen LogP contribution in [0.5, 0.6) is 5.75 Å². The van der Waals surface area contributed by atoms with Gasteiger partial charge in [0.25, 0.3) is 0 Å². The van der Waals surface area contributed by atoms with Crippen molar-refractivity contribution in [3.05, 3.63) is 62.1 Å². The Bertz CT molecular complexity index is 569. The Kier molecular flexibility index (Phi) is 4.77. The Morgan fingerprint density at radius 2 is 1.94 bits per heavy atom. The number of carbonyl (C=O) groups is 1. The number of ketones is 1. The quantitative estimate of drug-likeness (QED) is 0.548. The summed E-state index contributed by atoms with van der Waals surface area (Å²) in [4.78, 5) is 11.9. The van der Waals surface area contributed by atoms with E-state index in [2.05, 4.69) is 38.5 Å². The van der Waals surface area contributed by atoms with Crippen LogP contribution >= 0.6 is 38.5 Å². The van der Waals surface area contributed by atoms with Crippen LogP contribution in [0.15, 0.2) is 53.0 Å². The van der Waals surface area contributed by atoms with E-state index in [9.17, 15) is 4.79 Å². The highest BCUT2D eigenvalue weighted by Crippen LogP contribution is 2.16. The van der Waals surface area contributed by atoms with Crippen molar-refractivity contribution >= 4 is 44.3 Å². The van der Waals surface area contributed by atoms with Crippen LogP contribution in [0.3, 0.4) is 0 Å². The largest absolute Gasteiger partial charge is 0.485 e. The first kappa shape index (κ1) is 13.5. The van der Waals surface area contributed by atoms with Crippen LogP contribution in [0.2, 0.25) is 0 Å². The van der Waals surface area contributed by atoms with Gasteiger partial charge in [-0.3, -0.25) is 4.79 Å². The van der Waals surface area contributed by atoms with Crippen LogP contribution in [-0.2, 0) is 0 Å². The second-order valence-electron chi connectivity index (χ2n) is 3.68. The highest BCUT2D eigenvalue weighted by Gasteiger charge is 2.07. The Balaban J connectivity index is 2.00. The number of halogens is 2. The van der Waals surface area contributed by atoms with Gasteiger partial charge < -0.3 is 4.74 Å². The van der Waals surface area contributed by atoms with Crippen molar-refractivity contribution in [1.29, 1.82) is 0 Å². The van der Waals surface area contributed by atoms with E-state index < -0.39 is 0 Å². The molecule has 0 unspecified atom stereocenters. The minimum Gasteiger partial charge on any atom is -0.485 e. The number of Topliss-reactive ketones (excluding diaryl/α,β-unsaturated/α-hetero) is 1. The Morgan fingerprint density at radius 1 is 1.17 bits per heavy atom. The van der Waals surface area contributed by atoms with Gasteiger partial charge in [0, 0.05) is 13.6 Å². The van der Waals surface area contributed by atoms with Gasteiger partial charge in [0.2, 0.25) is 0 Å². The number of carbonyl (C=O) groups excluding carboxylic acids is 1. The fraction of sp³-hybridized carbons (Fsp3) is 0.0714. The molecule has 92 valence electrons. The first-order valence-corrected chi connectivity index (χ1v) is 7.19. The number of hydrogen-bond donors (Lipinski definition) is 0. The third-order valence-electron chi connectivity index (χ3n) is 2.31. The maximum atomic E-state index is 11.9. The van der Waals surface area contributed by atoms with Gasteiger partial charge in [-0.1, -0.05) is 34.1 Å². The molecule has 0 N–H and O–H groups in total. The predicted molar refractivity (Wildman–Crippen MR) is 83.1 cm³/mol. The van der Waals surface area contributed by atoms with E-state index in [1.807, 2.05) is 36.4 Å². The minimum atomic E-state index is -0.0323. The molecule has 2 aromatic carbocycles. The lowest BCUT2D eigenvalue weighted by Gasteiger charge is -2.06. The smallest absolute Gasteiger partial charge is 0.200 e. The summed E-state index contributed by atoms with van der Waals surface area (Å²) >= 11 is 5.55. The summed E-state index contributed by atoms with van der Waals surface area (Å²) in [6.45, 7) is 0.0521. The molecule has 18 heavy (non-hydrogen) atoms. The molecule has 0 aromatic heterocycles. The van der Waals surface area contributed by atoms with Gasteiger partial charge in [-0.05, 0) is 52.9 Å². The van der Waals surface area contributed by atoms with Crippen LogP contribution in [0.4, 0.5) is 0 Å².